The van der Waals surface area contributed by atoms with Gasteiger partial charge in [0.1, 0.15) is 18.3 Å². The molecule has 0 radical (unpaired) electrons. The number of nitrogens with zero attached hydrogens (tertiary/aromatic N) is 3. The first-order valence-electron chi connectivity index (χ1n) is 11.7. The van der Waals surface area contributed by atoms with E-state index < -0.39 is 6.10 Å². The van der Waals surface area contributed by atoms with Gasteiger partial charge in [0, 0.05) is 44.8 Å². The predicted octanol–water partition coefficient (Wildman–Crippen LogP) is 2.95. The van der Waals surface area contributed by atoms with Gasteiger partial charge < -0.3 is 19.5 Å². The zero-order valence-electron chi connectivity index (χ0n) is 19.7. The standard InChI is InChI=1S/C26H33N3O4/c1-17(19-4-5-20(13-27)25(12-19)32-3)14-28-8-10-29(11-9-28)15-24(30)21-6-7-22-23(18(21)2)16-33-26(22)31/h4,6-7,12,17,20,24,30H,5,8-11,14-16H2,1-3H3. The van der Waals surface area contributed by atoms with Crippen LogP contribution in [0.2, 0.25) is 0 Å². The first kappa shape index (κ1) is 23.5. The normalized spacial score (nSPS) is 23.1. The number of nitriles is 1. The lowest BCUT2D eigenvalue weighted by atomic mass is 9.89. The first-order chi connectivity index (χ1) is 15.9. The van der Waals surface area contributed by atoms with Crippen molar-refractivity contribution in [2.45, 2.75) is 33.0 Å². The summed E-state index contributed by atoms with van der Waals surface area (Å²) >= 11 is 0. The maximum Gasteiger partial charge on any atom is 0.338 e. The predicted molar refractivity (Wildman–Crippen MR) is 124 cm³/mol. The molecule has 1 aromatic rings. The number of carbonyl (C=O) groups is 1. The molecule has 176 valence electrons. The van der Waals surface area contributed by atoms with Crippen LogP contribution in [0.4, 0.5) is 0 Å². The second kappa shape index (κ2) is 10.1. The van der Waals surface area contributed by atoms with Gasteiger partial charge in [0.15, 0.2) is 0 Å². The summed E-state index contributed by atoms with van der Waals surface area (Å²) in [5.41, 5.74) is 4.60. The molecule has 0 aromatic heterocycles. The zero-order valence-corrected chi connectivity index (χ0v) is 19.7. The summed E-state index contributed by atoms with van der Waals surface area (Å²) in [6.07, 6.45) is 4.33. The molecule has 3 atom stereocenters. The number of hydrogen-bond acceptors (Lipinski definition) is 7. The van der Waals surface area contributed by atoms with Crippen LogP contribution in [0.25, 0.3) is 0 Å². The molecule has 0 spiro atoms. The summed E-state index contributed by atoms with van der Waals surface area (Å²) < 4.78 is 10.6. The van der Waals surface area contributed by atoms with Crippen molar-refractivity contribution in [1.29, 1.82) is 5.26 Å². The third-order valence-electron chi connectivity index (χ3n) is 7.20. The van der Waals surface area contributed by atoms with Gasteiger partial charge in [-0.25, -0.2) is 4.79 Å². The van der Waals surface area contributed by atoms with Gasteiger partial charge in [0.25, 0.3) is 0 Å². The molecule has 3 unspecified atom stereocenters. The Morgan fingerprint density at radius 1 is 1.24 bits per heavy atom. The molecule has 0 amide bonds. The Morgan fingerprint density at radius 2 is 1.94 bits per heavy atom. The summed E-state index contributed by atoms with van der Waals surface area (Å²) in [5.74, 6) is 0.676. The van der Waals surface area contributed by atoms with Crippen molar-refractivity contribution in [2.75, 3.05) is 46.4 Å². The molecule has 7 heteroatoms. The Balaban J connectivity index is 1.28. The molecule has 0 bridgehead atoms. The van der Waals surface area contributed by atoms with Crippen molar-refractivity contribution < 1.29 is 19.4 Å². The number of cyclic esters (lactones) is 1. The van der Waals surface area contributed by atoms with Crippen LogP contribution < -0.4 is 0 Å². The lowest BCUT2D eigenvalue weighted by molar-refractivity contribution is 0.0535. The van der Waals surface area contributed by atoms with E-state index in [-0.39, 0.29) is 11.9 Å². The molecule has 1 aromatic carbocycles. The highest BCUT2D eigenvalue weighted by Crippen LogP contribution is 2.30. The second-order valence-corrected chi connectivity index (χ2v) is 9.27. The van der Waals surface area contributed by atoms with Crippen LogP contribution in [-0.2, 0) is 16.1 Å². The molecule has 1 saturated heterocycles. The minimum atomic E-state index is -0.588. The lowest BCUT2D eigenvalue weighted by Crippen LogP contribution is -2.48. The van der Waals surface area contributed by atoms with Gasteiger partial charge in [-0.15, -0.1) is 0 Å². The zero-order chi connectivity index (χ0) is 23.5. The van der Waals surface area contributed by atoms with Gasteiger partial charge in [-0.3, -0.25) is 4.90 Å². The second-order valence-electron chi connectivity index (χ2n) is 9.27. The molecule has 3 aliphatic rings. The number of aliphatic hydroxyl groups is 1. The number of fused-ring (bicyclic) bond motifs is 1. The largest absolute Gasteiger partial charge is 0.500 e. The van der Waals surface area contributed by atoms with Crippen molar-refractivity contribution in [3.05, 3.63) is 57.9 Å². The van der Waals surface area contributed by atoms with Gasteiger partial charge in [0.2, 0.25) is 0 Å². The highest BCUT2D eigenvalue weighted by molar-refractivity contribution is 5.93. The molecular weight excluding hydrogens is 418 g/mol. The van der Waals surface area contributed by atoms with Crippen molar-refractivity contribution in [1.82, 2.24) is 9.80 Å². The first-order valence-corrected chi connectivity index (χ1v) is 11.7. The summed E-state index contributed by atoms with van der Waals surface area (Å²) in [4.78, 5) is 16.5. The summed E-state index contributed by atoms with van der Waals surface area (Å²) in [5, 5.41) is 20.1. The SMILES string of the molecule is COC1=CC(C(C)CN2CCN(CC(O)c3ccc4c(c3C)COC4=O)CC2)=CCC1C#N. The fourth-order valence-electron chi connectivity index (χ4n) is 5.07. The fourth-order valence-corrected chi connectivity index (χ4v) is 5.07. The minimum Gasteiger partial charge on any atom is -0.500 e. The van der Waals surface area contributed by atoms with E-state index in [0.717, 1.165) is 55.2 Å². The van der Waals surface area contributed by atoms with Gasteiger partial charge in [0.05, 0.1) is 24.8 Å². The Bertz CT molecular complexity index is 1000. The number of carbonyl (C=O) groups excluding carboxylic acids is 1. The number of esters is 1. The maximum absolute atomic E-state index is 11.8. The summed E-state index contributed by atoms with van der Waals surface area (Å²) in [7, 11) is 1.63. The van der Waals surface area contributed by atoms with Gasteiger partial charge in [-0.05, 0) is 48.1 Å². The van der Waals surface area contributed by atoms with Crippen LogP contribution in [0.3, 0.4) is 0 Å². The van der Waals surface area contributed by atoms with Crippen molar-refractivity contribution >= 4 is 5.97 Å². The number of piperazine rings is 1. The number of aliphatic hydroxyl groups excluding tert-OH is 1. The molecule has 0 saturated carbocycles. The van der Waals surface area contributed by atoms with Crippen LogP contribution in [0.5, 0.6) is 0 Å². The quantitative estimate of drug-likeness (QED) is 0.638. The van der Waals surface area contributed by atoms with E-state index in [9.17, 15) is 15.2 Å². The van der Waals surface area contributed by atoms with Gasteiger partial charge >= 0.3 is 5.97 Å². The molecule has 7 nitrogen and oxygen atoms in total. The Morgan fingerprint density at radius 3 is 2.61 bits per heavy atom. The van der Waals surface area contributed by atoms with Crippen molar-refractivity contribution in [3.8, 4) is 6.07 Å². The Kier molecular flexibility index (Phi) is 7.18. The highest BCUT2D eigenvalue weighted by Gasteiger charge is 2.28. The lowest BCUT2D eigenvalue weighted by Gasteiger charge is -2.37. The van der Waals surface area contributed by atoms with Gasteiger partial charge in [-0.1, -0.05) is 19.1 Å². The molecule has 1 aliphatic carbocycles. The summed E-state index contributed by atoms with van der Waals surface area (Å²) in [6.45, 7) is 9.75. The molecule has 4 rings (SSSR count). The molecular formula is C26H33N3O4. The van der Waals surface area contributed by atoms with Crippen LogP contribution in [0, 0.1) is 30.1 Å². The molecule has 33 heavy (non-hydrogen) atoms. The third kappa shape index (κ3) is 4.98. The van der Waals surface area contributed by atoms with E-state index in [0.29, 0.717) is 31.1 Å². The van der Waals surface area contributed by atoms with Gasteiger partial charge in [-0.2, -0.15) is 5.26 Å². The van der Waals surface area contributed by atoms with E-state index in [1.54, 1.807) is 13.2 Å². The monoisotopic (exact) mass is 451 g/mol. The highest BCUT2D eigenvalue weighted by atomic mass is 16.5. The number of β-amino-alcohol motifs (C(OH)–C–C–N with tert-alkyl or cyclic N) is 1. The van der Waals surface area contributed by atoms with E-state index in [1.165, 1.54) is 5.57 Å². The smallest absolute Gasteiger partial charge is 0.338 e. The Labute approximate surface area is 195 Å². The molecule has 2 aliphatic heterocycles. The van der Waals surface area contributed by atoms with E-state index in [4.69, 9.17) is 9.47 Å². The number of ether oxygens (including phenoxy) is 2. The van der Waals surface area contributed by atoms with Crippen molar-refractivity contribution in [2.24, 2.45) is 11.8 Å². The maximum atomic E-state index is 11.8. The fraction of sp³-hybridized carbons (Fsp3) is 0.538. The molecule has 1 fully saturated rings. The van der Waals surface area contributed by atoms with Crippen molar-refractivity contribution in [3.63, 3.8) is 0 Å². The van der Waals surface area contributed by atoms with E-state index in [2.05, 4.69) is 28.9 Å². The van der Waals surface area contributed by atoms with Crippen LogP contribution in [0.1, 0.15) is 46.5 Å². The average Bonchev–Trinajstić information content (AvgIpc) is 3.21. The number of hydrogen-bond donors (Lipinski definition) is 1. The van der Waals surface area contributed by atoms with E-state index >= 15 is 0 Å². The summed E-state index contributed by atoms with van der Waals surface area (Å²) in [6, 6.07) is 5.94. The molecule has 1 N–H and O–H groups in total. The Hall–Kier alpha value is -2.66. The van der Waals surface area contributed by atoms with Crippen LogP contribution >= 0.6 is 0 Å². The van der Waals surface area contributed by atoms with E-state index in [1.807, 2.05) is 19.1 Å². The average molecular weight is 452 g/mol. The number of rotatable bonds is 7. The minimum absolute atomic E-state index is 0.178. The van der Waals surface area contributed by atoms with Crippen LogP contribution in [0.15, 0.2) is 35.6 Å². The van der Waals surface area contributed by atoms with Crippen LogP contribution in [-0.4, -0.2) is 67.3 Å². The number of allylic oxidation sites excluding steroid dienone is 3. The number of methoxy groups -OCH3 is 1. The third-order valence-corrected chi connectivity index (χ3v) is 7.20. The topological polar surface area (TPSA) is 86.0 Å². The number of benzene rings is 1. The molecule has 2 heterocycles.